The summed E-state index contributed by atoms with van der Waals surface area (Å²) in [5, 5.41) is 10.2. The molecule has 0 spiro atoms. The van der Waals surface area contributed by atoms with Crippen molar-refractivity contribution in [3.63, 3.8) is 0 Å². The molecule has 0 aliphatic rings. The Labute approximate surface area is 44.4 Å². The van der Waals surface area contributed by atoms with Gasteiger partial charge in [0.05, 0.1) is 0 Å². The van der Waals surface area contributed by atoms with Crippen LogP contribution in [0.5, 0.6) is 0 Å². The molecule has 0 rings (SSSR count). The predicted molar refractivity (Wildman–Crippen MR) is 28.2 cm³/mol. The summed E-state index contributed by atoms with van der Waals surface area (Å²) < 4.78 is 0. The molecule has 1 nitrogen and oxygen atoms in total. The lowest BCUT2D eigenvalue weighted by Gasteiger charge is -1.87. The van der Waals surface area contributed by atoms with Gasteiger partial charge in [-0.15, -0.1) is 11.8 Å². The van der Waals surface area contributed by atoms with Gasteiger partial charge in [-0.2, -0.15) is 0 Å². The summed E-state index contributed by atoms with van der Waals surface area (Å²) in [7, 11) is 0. The maximum atomic E-state index is 10.2. The molecule has 0 aromatic carbocycles. The van der Waals surface area contributed by atoms with Crippen molar-refractivity contribution in [1.29, 1.82) is 0 Å². The topological polar surface area (TPSA) is 19.9 Å². The number of hydrogen-bond acceptors (Lipinski definition) is 0. The highest BCUT2D eigenvalue weighted by Gasteiger charge is 1.88. The lowest BCUT2D eigenvalue weighted by atomic mass is 10.3. The van der Waals surface area contributed by atoms with Gasteiger partial charge in [-0.1, -0.05) is 0 Å². The molecule has 0 heterocycles. The maximum Gasteiger partial charge on any atom is 0.101 e. The minimum atomic E-state index is -0.521. The Morgan fingerprint density at radius 3 is 2.43 bits per heavy atom. The van der Waals surface area contributed by atoms with Crippen LogP contribution in [-0.4, -0.2) is 6.10 Å². The van der Waals surface area contributed by atoms with Crippen molar-refractivity contribution >= 4 is 0 Å². The van der Waals surface area contributed by atoms with Gasteiger partial charge in [0.15, 0.2) is 0 Å². The van der Waals surface area contributed by atoms with E-state index in [1.807, 2.05) is 0 Å². The van der Waals surface area contributed by atoms with Crippen LogP contribution in [0.15, 0.2) is 0 Å². The van der Waals surface area contributed by atoms with E-state index in [-0.39, 0.29) is 0 Å². The summed E-state index contributed by atoms with van der Waals surface area (Å²) in [6.45, 7) is 3.35. The maximum absolute atomic E-state index is 10.2. The van der Waals surface area contributed by atoms with E-state index in [0.717, 1.165) is 0 Å². The number of rotatable bonds is 1. The van der Waals surface area contributed by atoms with E-state index in [2.05, 4.69) is 11.8 Å². The second kappa shape index (κ2) is 3.70. The smallest absolute Gasteiger partial charge is 0.101 e. The first kappa shape index (κ1) is 6.52. The van der Waals surface area contributed by atoms with E-state index < -0.39 is 6.10 Å². The van der Waals surface area contributed by atoms with E-state index in [0.29, 0.717) is 6.42 Å². The van der Waals surface area contributed by atoms with Crippen LogP contribution in [0, 0.1) is 11.8 Å². The first-order chi connectivity index (χ1) is 3.27. The van der Waals surface area contributed by atoms with Crippen LogP contribution in [0.4, 0.5) is 0 Å². The molecule has 1 atom stereocenters. The average Bonchev–Trinajstić information content (AvgIpc) is 1.61. The summed E-state index contributed by atoms with van der Waals surface area (Å²) in [6, 6.07) is 0. The van der Waals surface area contributed by atoms with E-state index >= 15 is 0 Å². The SMILES string of the molecule is CC#CCC(C)[O]. The molecule has 1 unspecified atom stereocenters. The summed E-state index contributed by atoms with van der Waals surface area (Å²) >= 11 is 0. The third-order valence-corrected chi connectivity index (χ3v) is 0.566. The van der Waals surface area contributed by atoms with Crippen molar-refractivity contribution in [2.24, 2.45) is 0 Å². The van der Waals surface area contributed by atoms with E-state index in [4.69, 9.17) is 0 Å². The molecule has 39 valence electrons. The Morgan fingerprint density at radius 1 is 1.71 bits per heavy atom. The zero-order chi connectivity index (χ0) is 5.70. The van der Waals surface area contributed by atoms with Crippen LogP contribution in [-0.2, 0) is 5.11 Å². The monoisotopic (exact) mass is 97.1 g/mol. The minimum absolute atomic E-state index is 0.483. The van der Waals surface area contributed by atoms with Crippen LogP contribution < -0.4 is 0 Å². The summed E-state index contributed by atoms with van der Waals surface area (Å²) in [5.74, 6) is 5.33. The van der Waals surface area contributed by atoms with Gasteiger partial charge in [0.25, 0.3) is 0 Å². The molecular weight excluding hydrogens is 88.1 g/mol. The molecular formula is C6H9O. The Balaban J connectivity index is 3.08. The molecule has 0 aliphatic heterocycles. The molecule has 0 saturated heterocycles. The lowest BCUT2D eigenvalue weighted by molar-refractivity contribution is 0.110. The second-order valence-electron chi connectivity index (χ2n) is 1.44. The Morgan fingerprint density at radius 2 is 2.29 bits per heavy atom. The third kappa shape index (κ3) is 5.52. The normalized spacial score (nSPS) is 11.9. The predicted octanol–water partition coefficient (Wildman–Crippen LogP) is 1.22. The van der Waals surface area contributed by atoms with Gasteiger partial charge in [-0.05, 0) is 13.8 Å². The van der Waals surface area contributed by atoms with Gasteiger partial charge in [-0.3, -0.25) is 0 Å². The van der Waals surface area contributed by atoms with Gasteiger partial charge in [-0.25, -0.2) is 5.11 Å². The van der Waals surface area contributed by atoms with Gasteiger partial charge in [0.2, 0.25) is 0 Å². The van der Waals surface area contributed by atoms with E-state index in [9.17, 15) is 5.11 Å². The third-order valence-electron chi connectivity index (χ3n) is 0.566. The molecule has 0 aliphatic carbocycles. The zero-order valence-electron chi connectivity index (χ0n) is 4.69. The standard InChI is InChI=1S/C6H9O/c1-3-4-5-6(2)7/h6H,5H2,1-2H3. The van der Waals surface area contributed by atoms with Crippen molar-refractivity contribution in [2.75, 3.05) is 0 Å². The minimum Gasteiger partial charge on any atom is -0.232 e. The highest BCUT2D eigenvalue weighted by molar-refractivity contribution is 4.95. The highest BCUT2D eigenvalue weighted by atomic mass is 16.3. The summed E-state index contributed by atoms with van der Waals surface area (Å²) in [5.41, 5.74) is 0. The molecule has 1 radical (unpaired) electrons. The van der Waals surface area contributed by atoms with Gasteiger partial charge in [0.1, 0.15) is 6.10 Å². The van der Waals surface area contributed by atoms with Crippen molar-refractivity contribution in [1.82, 2.24) is 0 Å². The van der Waals surface area contributed by atoms with Crippen molar-refractivity contribution < 1.29 is 5.11 Å². The van der Waals surface area contributed by atoms with Crippen LogP contribution in [0.25, 0.3) is 0 Å². The van der Waals surface area contributed by atoms with Crippen LogP contribution in [0.3, 0.4) is 0 Å². The first-order valence-electron chi connectivity index (χ1n) is 2.32. The molecule has 0 bridgehead atoms. The molecule has 7 heavy (non-hydrogen) atoms. The second-order valence-corrected chi connectivity index (χ2v) is 1.44. The summed E-state index contributed by atoms with van der Waals surface area (Å²) in [6.07, 6.45) is -0.0382. The molecule has 0 saturated carbocycles. The quantitative estimate of drug-likeness (QED) is 0.438. The number of hydrogen-bond donors (Lipinski definition) is 0. The zero-order valence-corrected chi connectivity index (χ0v) is 4.69. The van der Waals surface area contributed by atoms with Crippen molar-refractivity contribution in [3.8, 4) is 11.8 Å². The lowest BCUT2D eigenvalue weighted by Crippen LogP contribution is -1.92. The first-order valence-corrected chi connectivity index (χ1v) is 2.32. The Bertz CT molecular complexity index is 84.1. The molecule has 0 N–H and O–H groups in total. The van der Waals surface area contributed by atoms with Crippen molar-refractivity contribution in [3.05, 3.63) is 0 Å². The fourth-order valence-corrected chi connectivity index (χ4v) is 0.246. The van der Waals surface area contributed by atoms with E-state index in [1.54, 1.807) is 13.8 Å². The van der Waals surface area contributed by atoms with Gasteiger partial charge in [0, 0.05) is 6.42 Å². The highest BCUT2D eigenvalue weighted by Crippen LogP contribution is 1.84. The largest absolute Gasteiger partial charge is 0.232 e. The van der Waals surface area contributed by atoms with Crippen molar-refractivity contribution in [2.45, 2.75) is 26.4 Å². The Kier molecular flexibility index (Phi) is 3.45. The molecule has 0 aromatic heterocycles. The van der Waals surface area contributed by atoms with E-state index in [1.165, 1.54) is 0 Å². The summed E-state index contributed by atoms with van der Waals surface area (Å²) in [4.78, 5) is 0. The fourth-order valence-electron chi connectivity index (χ4n) is 0.246. The molecule has 0 amide bonds. The van der Waals surface area contributed by atoms with Crippen LogP contribution in [0.2, 0.25) is 0 Å². The molecule has 0 fully saturated rings. The van der Waals surface area contributed by atoms with Gasteiger partial charge < -0.3 is 0 Å². The van der Waals surface area contributed by atoms with Crippen LogP contribution in [0.1, 0.15) is 20.3 Å². The fraction of sp³-hybridized carbons (Fsp3) is 0.667. The van der Waals surface area contributed by atoms with Crippen LogP contribution >= 0.6 is 0 Å². The average molecular weight is 97.1 g/mol. The molecule has 0 aromatic rings. The molecule has 1 heteroatoms. The Hall–Kier alpha value is -0.480. The van der Waals surface area contributed by atoms with Gasteiger partial charge >= 0.3 is 0 Å².